The number of ether oxygens (including phenoxy) is 1. The van der Waals surface area contributed by atoms with Crippen molar-refractivity contribution in [3.05, 3.63) is 62.0 Å². The van der Waals surface area contributed by atoms with Crippen LogP contribution < -0.4 is 5.56 Å². The Morgan fingerprint density at radius 3 is 2.79 bits per heavy atom. The van der Waals surface area contributed by atoms with E-state index >= 15 is 0 Å². The molecule has 1 aromatic carbocycles. The van der Waals surface area contributed by atoms with E-state index in [1.807, 2.05) is 26.0 Å². The molecular formula is C22H22N2O4S. The van der Waals surface area contributed by atoms with Crippen molar-refractivity contribution in [2.75, 3.05) is 0 Å². The van der Waals surface area contributed by atoms with E-state index in [9.17, 15) is 14.4 Å². The van der Waals surface area contributed by atoms with Crippen molar-refractivity contribution in [3.63, 3.8) is 0 Å². The van der Waals surface area contributed by atoms with Crippen LogP contribution in [0.5, 0.6) is 0 Å². The van der Waals surface area contributed by atoms with Gasteiger partial charge in [0.15, 0.2) is 6.10 Å². The van der Waals surface area contributed by atoms with Crippen LogP contribution in [0.1, 0.15) is 45.3 Å². The Morgan fingerprint density at radius 2 is 2.00 bits per heavy atom. The van der Waals surface area contributed by atoms with Crippen LogP contribution >= 0.6 is 11.3 Å². The lowest BCUT2D eigenvalue weighted by molar-refractivity contribution is -0.147. The number of esters is 1. The highest BCUT2D eigenvalue weighted by Crippen LogP contribution is 2.25. The molecule has 0 spiro atoms. The van der Waals surface area contributed by atoms with Crippen LogP contribution in [0, 0.1) is 13.8 Å². The monoisotopic (exact) mass is 410 g/mol. The molecule has 2 aromatic heterocycles. The number of fused-ring (bicyclic) bond motifs is 2. The fourth-order valence-electron chi connectivity index (χ4n) is 3.77. The van der Waals surface area contributed by atoms with Gasteiger partial charge in [-0.15, -0.1) is 11.3 Å². The molecule has 4 rings (SSSR count). The summed E-state index contributed by atoms with van der Waals surface area (Å²) in [6, 6.07) is 5.68. The molecule has 1 atom stereocenters. The zero-order chi connectivity index (χ0) is 20.7. The van der Waals surface area contributed by atoms with Crippen molar-refractivity contribution in [1.29, 1.82) is 0 Å². The van der Waals surface area contributed by atoms with Gasteiger partial charge >= 0.3 is 5.97 Å². The molecule has 6 nitrogen and oxygen atoms in total. The van der Waals surface area contributed by atoms with E-state index in [4.69, 9.17) is 4.74 Å². The topological polar surface area (TPSA) is 78.3 Å². The third-order valence-corrected chi connectivity index (χ3v) is 6.63. The van der Waals surface area contributed by atoms with Gasteiger partial charge in [0.2, 0.25) is 5.78 Å². The molecule has 0 amide bonds. The van der Waals surface area contributed by atoms with E-state index in [-0.39, 0.29) is 17.9 Å². The highest BCUT2D eigenvalue weighted by Gasteiger charge is 2.22. The Morgan fingerprint density at radius 1 is 1.24 bits per heavy atom. The molecule has 1 aliphatic rings. The number of benzene rings is 1. The average Bonchev–Trinajstić information content (AvgIpc) is 3.27. The molecule has 0 N–H and O–H groups in total. The molecule has 3 aromatic rings. The van der Waals surface area contributed by atoms with Crippen molar-refractivity contribution in [3.8, 4) is 0 Å². The highest BCUT2D eigenvalue weighted by molar-refractivity contribution is 7.18. The second-order valence-corrected chi connectivity index (χ2v) is 8.68. The standard InChI is InChI=1S/C22H22N2O4S/c1-12-14(3)29-21-19(12)22(27)24(11-23-21)10-18(25)28-13(2)20(26)17-8-7-15-5-4-6-16(15)9-17/h7-9,11,13H,4-6,10H2,1-3H3/t13-/m0/s1. The first-order valence-electron chi connectivity index (χ1n) is 9.66. The minimum atomic E-state index is -0.917. The first-order chi connectivity index (χ1) is 13.8. The molecule has 0 fully saturated rings. The maximum absolute atomic E-state index is 12.7. The molecule has 0 aliphatic heterocycles. The van der Waals surface area contributed by atoms with Gasteiger partial charge in [0.1, 0.15) is 11.4 Å². The minimum absolute atomic E-state index is 0.238. The fraction of sp³-hybridized carbons (Fsp3) is 0.364. The Labute approximate surface area is 172 Å². The smallest absolute Gasteiger partial charge is 0.326 e. The maximum Gasteiger partial charge on any atom is 0.326 e. The van der Waals surface area contributed by atoms with Crippen molar-refractivity contribution < 1.29 is 14.3 Å². The van der Waals surface area contributed by atoms with Gasteiger partial charge in [-0.2, -0.15) is 0 Å². The van der Waals surface area contributed by atoms with Crippen LogP contribution in [0.4, 0.5) is 0 Å². The number of rotatable bonds is 5. The third-order valence-electron chi connectivity index (χ3n) is 5.52. The number of Topliss-reactive ketones (excluding diaryl/α,β-unsaturated/α-hetero) is 1. The van der Waals surface area contributed by atoms with Crippen molar-refractivity contribution in [2.24, 2.45) is 0 Å². The largest absolute Gasteiger partial charge is 0.453 e. The predicted molar refractivity (Wildman–Crippen MR) is 112 cm³/mol. The van der Waals surface area contributed by atoms with Gasteiger partial charge in [-0.25, -0.2) is 4.98 Å². The quantitative estimate of drug-likeness (QED) is 0.476. The molecule has 1 aliphatic carbocycles. The van der Waals surface area contributed by atoms with Crippen LogP contribution in [0.2, 0.25) is 0 Å². The number of aryl methyl sites for hydroxylation is 4. The van der Waals surface area contributed by atoms with Gasteiger partial charge in [-0.1, -0.05) is 12.1 Å². The molecule has 29 heavy (non-hydrogen) atoms. The van der Waals surface area contributed by atoms with Crippen molar-refractivity contribution >= 4 is 33.3 Å². The van der Waals surface area contributed by atoms with E-state index in [0.29, 0.717) is 15.8 Å². The number of aromatic nitrogens is 2. The molecule has 150 valence electrons. The number of carbonyl (C=O) groups is 2. The Balaban J connectivity index is 1.47. The molecule has 7 heteroatoms. The second-order valence-electron chi connectivity index (χ2n) is 7.47. The van der Waals surface area contributed by atoms with E-state index in [0.717, 1.165) is 29.7 Å². The van der Waals surface area contributed by atoms with Gasteiger partial charge in [0.05, 0.1) is 11.7 Å². The maximum atomic E-state index is 12.7. The SMILES string of the molecule is Cc1sc2ncn(CC(=O)O[C@@H](C)C(=O)c3ccc4c(c3)CCC4)c(=O)c2c1C. The average molecular weight is 410 g/mol. The molecule has 0 saturated carbocycles. The summed E-state index contributed by atoms with van der Waals surface area (Å²) in [4.78, 5) is 43.7. The highest BCUT2D eigenvalue weighted by atomic mass is 32.1. The summed E-state index contributed by atoms with van der Waals surface area (Å²) in [7, 11) is 0. The molecule has 0 bridgehead atoms. The molecule has 0 unspecified atom stereocenters. The summed E-state index contributed by atoms with van der Waals surface area (Å²) in [5, 5.41) is 0.532. The lowest BCUT2D eigenvalue weighted by Gasteiger charge is -2.14. The summed E-state index contributed by atoms with van der Waals surface area (Å²) >= 11 is 1.46. The molecular weight excluding hydrogens is 388 g/mol. The number of thiophene rings is 1. The lowest BCUT2D eigenvalue weighted by Crippen LogP contribution is -2.30. The van der Waals surface area contributed by atoms with E-state index in [1.165, 1.54) is 33.4 Å². The predicted octanol–water partition coefficient (Wildman–Crippen LogP) is 3.38. The zero-order valence-corrected chi connectivity index (χ0v) is 17.5. The number of ketones is 1. The van der Waals surface area contributed by atoms with Gasteiger partial charge in [-0.3, -0.25) is 19.0 Å². The number of hydrogen-bond acceptors (Lipinski definition) is 6. The third kappa shape index (κ3) is 3.62. The van der Waals surface area contributed by atoms with Crippen LogP contribution in [-0.4, -0.2) is 27.4 Å². The van der Waals surface area contributed by atoms with Crippen molar-refractivity contribution in [2.45, 2.75) is 52.7 Å². The number of hydrogen-bond donors (Lipinski definition) is 0. The van der Waals surface area contributed by atoms with Crippen molar-refractivity contribution in [1.82, 2.24) is 9.55 Å². The minimum Gasteiger partial charge on any atom is -0.453 e. The number of nitrogens with zero attached hydrogens (tertiary/aromatic N) is 2. The van der Waals surface area contributed by atoms with E-state index < -0.39 is 12.1 Å². The van der Waals surface area contributed by atoms with Crippen LogP contribution in [-0.2, 0) is 28.9 Å². The summed E-state index contributed by atoms with van der Waals surface area (Å²) < 4.78 is 6.55. The number of carbonyl (C=O) groups excluding carboxylic acids is 2. The van der Waals surface area contributed by atoms with Crippen LogP contribution in [0.25, 0.3) is 10.2 Å². The Hall–Kier alpha value is -2.80. The molecule has 2 heterocycles. The summed E-state index contributed by atoms with van der Waals surface area (Å²) in [5.41, 5.74) is 3.64. The van der Waals surface area contributed by atoms with E-state index in [2.05, 4.69) is 4.98 Å². The zero-order valence-electron chi connectivity index (χ0n) is 16.7. The Kier molecular flexibility index (Phi) is 5.08. The van der Waals surface area contributed by atoms with Gasteiger partial charge in [0.25, 0.3) is 5.56 Å². The van der Waals surface area contributed by atoms with Gasteiger partial charge in [0, 0.05) is 10.4 Å². The van der Waals surface area contributed by atoms with Crippen LogP contribution in [0.3, 0.4) is 0 Å². The Bertz CT molecular complexity index is 1190. The van der Waals surface area contributed by atoms with Crippen LogP contribution in [0.15, 0.2) is 29.3 Å². The summed E-state index contributed by atoms with van der Waals surface area (Å²) in [5.74, 6) is -0.877. The molecule has 0 radical (unpaired) electrons. The molecule has 0 saturated heterocycles. The lowest BCUT2D eigenvalue weighted by atomic mass is 10.0. The summed E-state index contributed by atoms with van der Waals surface area (Å²) in [6.45, 7) is 5.09. The second kappa shape index (κ2) is 7.55. The normalized spacial score (nSPS) is 14.0. The van der Waals surface area contributed by atoms with Gasteiger partial charge < -0.3 is 4.74 Å². The first-order valence-corrected chi connectivity index (χ1v) is 10.5. The first kappa shape index (κ1) is 19.5. The van der Waals surface area contributed by atoms with E-state index in [1.54, 1.807) is 13.0 Å². The summed E-state index contributed by atoms with van der Waals surface area (Å²) in [6.07, 6.45) is 3.57. The van der Waals surface area contributed by atoms with Gasteiger partial charge in [-0.05, 0) is 62.8 Å². The fourth-order valence-corrected chi connectivity index (χ4v) is 4.76.